The number of hydrogen-bond donors (Lipinski definition) is 1. The maximum Gasteiger partial charge on any atom is 0.256 e. The standard InChI is InChI=1S/C20H16Cl2N6O/c1-10-6-18(28(27-10)19-15(22)8-14(21)9-23-19)26-20(29)13-4-5-16-17(7-13)25-12(3)11(2)24-16/h4-9H,1-3H3,(H,26,29). The number of nitrogens with one attached hydrogen (secondary N) is 1. The smallest absolute Gasteiger partial charge is 0.256 e. The lowest BCUT2D eigenvalue weighted by atomic mass is 10.1. The number of benzene rings is 1. The van der Waals surface area contributed by atoms with Crippen molar-refractivity contribution in [2.75, 3.05) is 5.32 Å². The fourth-order valence-electron chi connectivity index (χ4n) is 2.87. The molecule has 0 fully saturated rings. The summed E-state index contributed by atoms with van der Waals surface area (Å²) in [5.41, 5.74) is 4.24. The predicted octanol–water partition coefficient (Wildman–Crippen LogP) is 4.69. The third-order valence-electron chi connectivity index (χ3n) is 4.40. The first kappa shape index (κ1) is 19.3. The lowest BCUT2D eigenvalue weighted by Crippen LogP contribution is -2.16. The molecule has 1 aromatic carbocycles. The fraction of sp³-hybridized carbons (Fsp3) is 0.150. The van der Waals surface area contributed by atoms with E-state index in [-0.39, 0.29) is 5.91 Å². The van der Waals surface area contributed by atoms with Crippen LogP contribution in [0.15, 0.2) is 36.5 Å². The third kappa shape index (κ3) is 3.79. The molecule has 1 N–H and O–H groups in total. The Labute approximate surface area is 176 Å². The highest BCUT2D eigenvalue weighted by Crippen LogP contribution is 2.25. The van der Waals surface area contributed by atoms with Crippen LogP contribution >= 0.6 is 23.2 Å². The van der Waals surface area contributed by atoms with Gasteiger partial charge in [0.25, 0.3) is 5.91 Å². The van der Waals surface area contributed by atoms with E-state index >= 15 is 0 Å². The van der Waals surface area contributed by atoms with Gasteiger partial charge in [0.15, 0.2) is 5.82 Å². The van der Waals surface area contributed by atoms with Gasteiger partial charge in [0, 0.05) is 17.8 Å². The van der Waals surface area contributed by atoms with E-state index in [9.17, 15) is 4.79 Å². The third-order valence-corrected chi connectivity index (χ3v) is 4.88. The first-order valence-corrected chi connectivity index (χ1v) is 9.52. The lowest BCUT2D eigenvalue weighted by molar-refractivity contribution is 0.102. The van der Waals surface area contributed by atoms with Gasteiger partial charge in [-0.25, -0.2) is 15.0 Å². The molecule has 1 amide bonds. The van der Waals surface area contributed by atoms with Crippen LogP contribution in [0.25, 0.3) is 16.9 Å². The molecule has 0 bridgehead atoms. The Morgan fingerprint density at radius 2 is 1.72 bits per heavy atom. The van der Waals surface area contributed by atoms with Crippen LogP contribution < -0.4 is 5.32 Å². The second kappa shape index (κ2) is 7.42. The summed E-state index contributed by atoms with van der Waals surface area (Å²) in [6.07, 6.45) is 1.47. The predicted molar refractivity (Wildman–Crippen MR) is 113 cm³/mol. The van der Waals surface area contributed by atoms with Crippen molar-refractivity contribution < 1.29 is 4.79 Å². The molecule has 3 heterocycles. The summed E-state index contributed by atoms with van der Waals surface area (Å²) < 4.78 is 1.47. The molecule has 0 spiro atoms. The largest absolute Gasteiger partial charge is 0.306 e. The van der Waals surface area contributed by atoms with Gasteiger partial charge < -0.3 is 5.32 Å². The van der Waals surface area contributed by atoms with Crippen LogP contribution in [0.4, 0.5) is 5.82 Å². The number of rotatable bonds is 3. The van der Waals surface area contributed by atoms with Crippen molar-refractivity contribution >= 4 is 46.0 Å². The lowest BCUT2D eigenvalue weighted by Gasteiger charge is -2.10. The maximum absolute atomic E-state index is 12.9. The molecule has 0 aliphatic heterocycles. The Kier molecular flexibility index (Phi) is 4.94. The summed E-state index contributed by atoms with van der Waals surface area (Å²) in [7, 11) is 0. The SMILES string of the molecule is Cc1cc(NC(=O)c2ccc3nc(C)c(C)nc3c2)n(-c2ncc(Cl)cc2Cl)n1. The number of carbonyl (C=O) groups is 1. The fourth-order valence-corrected chi connectivity index (χ4v) is 3.33. The average Bonchev–Trinajstić information content (AvgIpc) is 3.02. The normalized spacial score (nSPS) is 11.1. The summed E-state index contributed by atoms with van der Waals surface area (Å²) in [4.78, 5) is 26.1. The first-order valence-electron chi connectivity index (χ1n) is 8.76. The molecule has 0 saturated heterocycles. The number of aromatic nitrogens is 5. The highest BCUT2D eigenvalue weighted by Gasteiger charge is 2.16. The van der Waals surface area contributed by atoms with Gasteiger partial charge >= 0.3 is 0 Å². The van der Waals surface area contributed by atoms with Crippen molar-refractivity contribution in [3.05, 3.63) is 69.2 Å². The Hall–Kier alpha value is -3.03. The highest BCUT2D eigenvalue weighted by molar-refractivity contribution is 6.35. The van der Waals surface area contributed by atoms with E-state index in [0.717, 1.165) is 16.9 Å². The van der Waals surface area contributed by atoms with Crippen molar-refractivity contribution in [3.63, 3.8) is 0 Å². The van der Waals surface area contributed by atoms with Crippen molar-refractivity contribution in [2.45, 2.75) is 20.8 Å². The monoisotopic (exact) mass is 426 g/mol. The topological polar surface area (TPSA) is 85.6 Å². The number of amides is 1. The minimum atomic E-state index is -0.307. The van der Waals surface area contributed by atoms with E-state index in [2.05, 4.69) is 25.4 Å². The van der Waals surface area contributed by atoms with Crippen LogP contribution in [0.5, 0.6) is 0 Å². The zero-order valence-electron chi connectivity index (χ0n) is 15.9. The number of nitrogens with zero attached hydrogens (tertiary/aromatic N) is 5. The summed E-state index contributed by atoms with van der Waals surface area (Å²) in [5, 5.41) is 7.97. The molecule has 7 nitrogen and oxygen atoms in total. The molecule has 0 aliphatic rings. The zero-order valence-corrected chi connectivity index (χ0v) is 17.4. The number of pyridine rings is 1. The molecule has 0 atom stereocenters. The van der Waals surface area contributed by atoms with Crippen LogP contribution in [-0.2, 0) is 0 Å². The van der Waals surface area contributed by atoms with Crippen LogP contribution in [0, 0.1) is 20.8 Å². The number of fused-ring (bicyclic) bond motifs is 1. The van der Waals surface area contributed by atoms with E-state index in [0.29, 0.717) is 38.5 Å². The molecule has 29 heavy (non-hydrogen) atoms. The molecule has 4 rings (SSSR count). The minimum Gasteiger partial charge on any atom is -0.306 e. The van der Waals surface area contributed by atoms with E-state index in [1.54, 1.807) is 30.3 Å². The number of halogens is 2. The number of carbonyl (C=O) groups excluding carboxylic acids is 1. The van der Waals surface area contributed by atoms with Crippen molar-refractivity contribution in [1.29, 1.82) is 0 Å². The first-order chi connectivity index (χ1) is 13.8. The highest BCUT2D eigenvalue weighted by atomic mass is 35.5. The second-order valence-corrected chi connectivity index (χ2v) is 7.44. The molecule has 0 saturated carbocycles. The molecule has 0 radical (unpaired) electrons. The van der Waals surface area contributed by atoms with Gasteiger partial charge in [-0.15, -0.1) is 0 Å². The maximum atomic E-state index is 12.9. The van der Waals surface area contributed by atoms with Gasteiger partial charge in [-0.1, -0.05) is 23.2 Å². The number of aryl methyl sites for hydroxylation is 3. The molecule has 3 aromatic heterocycles. The summed E-state index contributed by atoms with van der Waals surface area (Å²) in [6, 6.07) is 8.51. The molecule has 0 unspecified atom stereocenters. The van der Waals surface area contributed by atoms with Gasteiger partial charge in [0.2, 0.25) is 0 Å². The minimum absolute atomic E-state index is 0.307. The van der Waals surface area contributed by atoms with Crippen LogP contribution in [0.1, 0.15) is 27.4 Å². The summed E-state index contributed by atoms with van der Waals surface area (Å²) >= 11 is 12.2. The Morgan fingerprint density at radius 3 is 2.45 bits per heavy atom. The summed E-state index contributed by atoms with van der Waals surface area (Å²) in [6.45, 7) is 5.60. The molecule has 0 aliphatic carbocycles. The van der Waals surface area contributed by atoms with Crippen molar-refractivity contribution in [3.8, 4) is 5.82 Å². The average molecular weight is 427 g/mol. The quantitative estimate of drug-likeness (QED) is 0.513. The van der Waals surface area contributed by atoms with E-state index < -0.39 is 0 Å². The number of hydrogen-bond acceptors (Lipinski definition) is 5. The zero-order chi connectivity index (χ0) is 20.7. The molecular weight excluding hydrogens is 411 g/mol. The van der Waals surface area contributed by atoms with E-state index in [4.69, 9.17) is 23.2 Å². The number of anilines is 1. The van der Waals surface area contributed by atoms with Gasteiger partial charge in [0.1, 0.15) is 5.82 Å². The Balaban J connectivity index is 1.69. The van der Waals surface area contributed by atoms with Gasteiger partial charge in [-0.2, -0.15) is 9.78 Å². The second-order valence-electron chi connectivity index (χ2n) is 6.59. The van der Waals surface area contributed by atoms with E-state index in [1.807, 2.05) is 20.8 Å². The molecular formula is C20H16Cl2N6O. The van der Waals surface area contributed by atoms with Crippen LogP contribution in [0.3, 0.4) is 0 Å². The molecule has 9 heteroatoms. The van der Waals surface area contributed by atoms with Crippen LogP contribution in [0.2, 0.25) is 10.0 Å². The van der Waals surface area contributed by atoms with Crippen molar-refractivity contribution in [2.24, 2.45) is 0 Å². The Morgan fingerprint density at radius 1 is 1.00 bits per heavy atom. The van der Waals surface area contributed by atoms with Crippen molar-refractivity contribution in [1.82, 2.24) is 24.7 Å². The molecule has 146 valence electrons. The summed E-state index contributed by atoms with van der Waals surface area (Å²) in [5.74, 6) is 0.503. The van der Waals surface area contributed by atoms with Gasteiger partial charge in [0.05, 0.1) is 38.2 Å². The van der Waals surface area contributed by atoms with E-state index in [1.165, 1.54) is 10.9 Å². The van der Waals surface area contributed by atoms with Gasteiger partial charge in [-0.05, 0) is 45.0 Å². The van der Waals surface area contributed by atoms with Gasteiger partial charge in [-0.3, -0.25) is 4.79 Å². The Bertz CT molecular complexity index is 1270. The molecule has 4 aromatic rings. The van der Waals surface area contributed by atoms with Crippen LogP contribution in [-0.4, -0.2) is 30.6 Å².